The van der Waals surface area contributed by atoms with E-state index in [2.05, 4.69) is 33.2 Å². The number of aryl methyl sites for hydroxylation is 2. The molecule has 9 heteroatoms. The van der Waals surface area contributed by atoms with E-state index in [1.165, 1.54) is 4.80 Å². The van der Waals surface area contributed by atoms with Crippen LogP contribution in [0.15, 0.2) is 42.7 Å². The van der Waals surface area contributed by atoms with Crippen LogP contribution >= 0.6 is 0 Å². The maximum Gasteiger partial charge on any atom is 0.275 e. The maximum atomic E-state index is 14.2. The van der Waals surface area contributed by atoms with Crippen molar-refractivity contribution in [2.75, 3.05) is 5.73 Å². The molecule has 34 heavy (non-hydrogen) atoms. The second-order valence-corrected chi connectivity index (χ2v) is 9.45. The monoisotopic (exact) mass is 454 g/mol. The van der Waals surface area contributed by atoms with Crippen molar-refractivity contribution in [2.45, 2.75) is 45.7 Å². The molecule has 172 valence electrons. The first kappa shape index (κ1) is 20.7. The minimum absolute atomic E-state index is 0.104. The molecular formula is C25H26N8O. The van der Waals surface area contributed by atoms with Gasteiger partial charge in [-0.1, -0.05) is 19.1 Å². The molecule has 3 aromatic heterocycles. The van der Waals surface area contributed by atoms with Crippen LogP contribution in [0, 0.1) is 25.7 Å². The van der Waals surface area contributed by atoms with Gasteiger partial charge in [0.25, 0.3) is 5.91 Å². The standard InChI is InChI=1S/C25H26N8O/c1-13-7-8-20(33-27-9-10-28-33)22(29-13)25(34)32-17-11-16(12-17)14(2)23(32)18-5-4-6-19-21(18)30-15(3)24(26)31-19/h4-10,14,16-17,23H,11-12H2,1-3H3,(H2,26,31)/t14-,16?,17?,23+/m0/s1. The molecule has 5 heterocycles. The van der Waals surface area contributed by atoms with Crippen LogP contribution in [0.3, 0.4) is 0 Å². The van der Waals surface area contributed by atoms with E-state index < -0.39 is 0 Å². The fourth-order valence-electron chi connectivity index (χ4n) is 5.52. The number of piperidine rings is 2. The summed E-state index contributed by atoms with van der Waals surface area (Å²) in [5, 5.41) is 8.50. The van der Waals surface area contributed by atoms with Crippen LogP contribution in [0.1, 0.15) is 53.2 Å². The van der Waals surface area contributed by atoms with Gasteiger partial charge in [-0.2, -0.15) is 10.2 Å². The van der Waals surface area contributed by atoms with Crippen molar-refractivity contribution in [3.63, 3.8) is 0 Å². The number of amides is 1. The molecule has 0 radical (unpaired) electrons. The Bertz CT molecular complexity index is 1410. The van der Waals surface area contributed by atoms with Crippen molar-refractivity contribution >= 4 is 22.8 Å². The van der Waals surface area contributed by atoms with Gasteiger partial charge in [0.2, 0.25) is 0 Å². The second-order valence-electron chi connectivity index (χ2n) is 9.45. The summed E-state index contributed by atoms with van der Waals surface area (Å²) in [5.74, 6) is 1.18. The third-order valence-corrected chi connectivity index (χ3v) is 7.42. The first-order chi connectivity index (χ1) is 16.4. The highest BCUT2D eigenvalue weighted by atomic mass is 16.2. The molecule has 9 nitrogen and oxygen atoms in total. The van der Waals surface area contributed by atoms with E-state index in [-0.39, 0.29) is 23.9 Å². The van der Waals surface area contributed by atoms with Crippen molar-refractivity contribution in [3.05, 3.63) is 65.4 Å². The van der Waals surface area contributed by atoms with E-state index in [1.807, 2.05) is 43.0 Å². The molecule has 0 unspecified atom stereocenters. The minimum atomic E-state index is -0.133. The lowest BCUT2D eigenvalue weighted by molar-refractivity contribution is -0.0562. The van der Waals surface area contributed by atoms with Crippen LogP contribution < -0.4 is 5.73 Å². The van der Waals surface area contributed by atoms with Crippen molar-refractivity contribution in [1.82, 2.24) is 34.8 Å². The summed E-state index contributed by atoms with van der Waals surface area (Å²) in [6, 6.07) is 9.73. The number of nitrogens with two attached hydrogens (primary N) is 1. The second kappa shape index (κ2) is 7.58. The van der Waals surface area contributed by atoms with Gasteiger partial charge in [0.15, 0.2) is 5.69 Å². The van der Waals surface area contributed by atoms with Crippen LogP contribution in [-0.2, 0) is 0 Å². The number of benzene rings is 1. The zero-order valence-electron chi connectivity index (χ0n) is 19.4. The maximum absolute atomic E-state index is 14.2. The highest BCUT2D eigenvalue weighted by molar-refractivity contribution is 5.97. The molecule has 2 saturated heterocycles. The van der Waals surface area contributed by atoms with Gasteiger partial charge in [0.1, 0.15) is 11.5 Å². The molecule has 1 aliphatic carbocycles. The van der Waals surface area contributed by atoms with Gasteiger partial charge in [-0.3, -0.25) is 4.79 Å². The van der Waals surface area contributed by atoms with Gasteiger partial charge in [-0.25, -0.2) is 15.0 Å². The number of nitrogens with zero attached hydrogens (tertiary/aromatic N) is 7. The molecule has 1 amide bonds. The van der Waals surface area contributed by atoms with Crippen molar-refractivity contribution in [2.24, 2.45) is 11.8 Å². The van der Waals surface area contributed by atoms with E-state index in [0.29, 0.717) is 28.8 Å². The first-order valence-corrected chi connectivity index (χ1v) is 11.6. The number of aromatic nitrogens is 6. The predicted octanol–water partition coefficient (Wildman–Crippen LogP) is 3.42. The molecular weight excluding hydrogens is 428 g/mol. The third kappa shape index (κ3) is 3.07. The molecule has 0 spiro atoms. The Labute approximate surface area is 197 Å². The van der Waals surface area contributed by atoms with E-state index in [1.54, 1.807) is 12.4 Å². The lowest BCUT2D eigenvalue weighted by Crippen LogP contribution is -2.59. The molecule has 2 aliphatic heterocycles. The summed E-state index contributed by atoms with van der Waals surface area (Å²) in [7, 11) is 0. The zero-order valence-corrected chi connectivity index (χ0v) is 19.4. The van der Waals surface area contributed by atoms with Gasteiger partial charge in [0, 0.05) is 17.3 Å². The average Bonchev–Trinajstić information content (AvgIpc) is 3.32. The first-order valence-electron chi connectivity index (χ1n) is 11.6. The Balaban J connectivity index is 1.51. The van der Waals surface area contributed by atoms with E-state index in [9.17, 15) is 4.79 Å². The predicted molar refractivity (Wildman–Crippen MR) is 127 cm³/mol. The zero-order chi connectivity index (χ0) is 23.6. The number of carbonyl (C=O) groups is 1. The summed E-state index contributed by atoms with van der Waals surface area (Å²) < 4.78 is 0. The van der Waals surface area contributed by atoms with Gasteiger partial charge in [-0.15, -0.1) is 4.80 Å². The van der Waals surface area contributed by atoms with Crippen LogP contribution in [-0.4, -0.2) is 46.8 Å². The van der Waals surface area contributed by atoms with Gasteiger partial charge >= 0.3 is 0 Å². The third-order valence-electron chi connectivity index (χ3n) is 7.42. The molecule has 2 N–H and O–H groups in total. The number of para-hydroxylation sites is 1. The summed E-state index contributed by atoms with van der Waals surface area (Å²) >= 11 is 0. The van der Waals surface area contributed by atoms with Crippen molar-refractivity contribution in [1.29, 1.82) is 0 Å². The van der Waals surface area contributed by atoms with E-state index in [0.717, 1.165) is 35.1 Å². The van der Waals surface area contributed by atoms with Gasteiger partial charge in [-0.05, 0) is 56.7 Å². The Morgan fingerprint density at radius 3 is 2.56 bits per heavy atom. The summed E-state index contributed by atoms with van der Waals surface area (Å²) in [6.45, 7) is 5.99. The lowest BCUT2D eigenvalue weighted by atomic mass is 9.63. The quantitative estimate of drug-likeness (QED) is 0.504. The Kier molecular flexibility index (Phi) is 4.62. The van der Waals surface area contributed by atoms with Gasteiger partial charge in [0.05, 0.1) is 35.2 Å². The van der Waals surface area contributed by atoms with Crippen LogP contribution in [0.4, 0.5) is 5.82 Å². The fourth-order valence-corrected chi connectivity index (χ4v) is 5.52. The van der Waals surface area contributed by atoms with Crippen molar-refractivity contribution < 1.29 is 4.79 Å². The highest BCUT2D eigenvalue weighted by Gasteiger charge is 2.52. The van der Waals surface area contributed by atoms with Crippen LogP contribution in [0.25, 0.3) is 16.7 Å². The number of anilines is 1. The number of carbonyl (C=O) groups excluding carboxylic acids is 1. The summed E-state index contributed by atoms with van der Waals surface area (Å²) in [4.78, 5) is 31.7. The topological polar surface area (TPSA) is 116 Å². The SMILES string of the molecule is Cc1ccc(-n2nccn2)c(C(=O)N2C3CC(C3)[C@H](C)[C@@H]2c2cccc3nc(N)c(C)nc23)n1. The molecule has 3 aliphatic rings. The number of fused-ring (bicyclic) bond motifs is 3. The molecule has 1 aromatic carbocycles. The smallest absolute Gasteiger partial charge is 0.275 e. The molecule has 7 rings (SSSR count). The normalized spacial score (nSPS) is 23.7. The summed E-state index contributed by atoms with van der Waals surface area (Å²) in [5.41, 5.74) is 11.0. The Morgan fingerprint density at radius 2 is 1.79 bits per heavy atom. The Morgan fingerprint density at radius 1 is 1.03 bits per heavy atom. The molecule has 4 aromatic rings. The van der Waals surface area contributed by atoms with Crippen LogP contribution in [0.5, 0.6) is 0 Å². The molecule has 2 atom stereocenters. The van der Waals surface area contributed by atoms with Crippen molar-refractivity contribution in [3.8, 4) is 5.69 Å². The van der Waals surface area contributed by atoms with E-state index >= 15 is 0 Å². The molecule has 1 saturated carbocycles. The Hall–Kier alpha value is -3.88. The number of rotatable bonds is 3. The average molecular weight is 455 g/mol. The lowest BCUT2D eigenvalue weighted by Gasteiger charge is -2.57. The largest absolute Gasteiger partial charge is 0.382 e. The molecule has 3 fully saturated rings. The van der Waals surface area contributed by atoms with Gasteiger partial charge < -0.3 is 10.6 Å². The number of hydrogen-bond acceptors (Lipinski definition) is 7. The number of pyridine rings is 1. The number of hydrogen-bond donors (Lipinski definition) is 1. The minimum Gasteiger partial charge on any atom is -0.382 e. The number of nitrogen functional groups attached to an aromatic ring is 1. The highest BCUT2D eigenvalue weighted by Crippen LogP contribution is 2.53. The molecule has 2 bridgehead atoms. The van der Waals surface area contributed by atoms with Crippen LogP contribution in [0.2, 0.25) is 0 Å². The summed E-state index contributed by atoms with van der Waals surface area (Å²) in [6.07, 6.45) is 5.21. The van der Waals surface area contributed by atoms with E-state index in [4.69, 9.17) is 10.7 Å². The fraction of sp³-hybridized carbons (Fsp3) is 0.360.